The van der Waals surface area contributed by atoms with Gasteiger partial charge in [0.2, 0.25) is 0 Å². The fraction of sp³-hybridized carbons (Fsp3) is 0.571. The van der Waals surface area contributed by atoms with Gasteiger partial charge in [-0.25, -0.2) is 0 Å². The van der Waals surface area contributed by atoms with E-state index < -0.39 is 0 Å². The van der Waals surface area contributed by atoms with Crippen LogP contribution in [-0.4, -0.2) is 6.54 Å². The van der Waals surface area contributed by atoms with Crippen LogP contribution in [0, 0.1) is 11.3 Å². The standard InChI is InChI=1S/C14H19Cl2N/c1-9(17-8-11-7-14(11,2)3)10-4-5-12(15)13(16)6-10/h4-6,9,11,17H,7-8H2,1-3H3. The van der Waals surface area contributed by atoms with E-state index in [1.807, 2.05) is 18.2 Å². The third kappa shape index (κ3) is 3.15. The van der Waals surface area contributed by atoms with Crippen LogP contribution in [0.25, 0.3) is 0 Å². The van der Waals surface area contributed by atoms with Crippen molar-refractivity contribution < 1.29 is 0 Å². The quantitative estimate of drug-likeness (QED) is 0.838. The molecule has 1 aromatic carbocycles. The minimum absolute atomic E-state index is 0.321. The molecular formula is C14H19Cl2N. The maximum absolute atomic E-state index is 6.02. The van der Waals surface area contributed by atoms with Crippen LogP contribution in [0.5, 0.6) is 0 Å². The maximum Gasteiger partial charge on any atom is 0.0595 e. The monoisotopic (exact) mass is 271 g/mol. The predicted octanol–water partition coefficient (Wildman–Crippen LogP) is 4.69. The molecule has 2 atom stereocenters. The van der Waals surface area contributed by atoms with Gasteiger partial charge in [-0.2, -0.15) is 0 Å². The fourth-order valence-corrected chi connectivity index (χ4v) is 2.45. The van der Waals surface area contributed by atoms with E-state index in [4.69, 9.17) is 23.2 Å². The molecule has 0 saturated heterocycles. The van der Waals surface area contributed by atoms with Gasteiger partial charge < -0.3 is 5.32 Å². The lowest BCUT2D eigenvalue weighted by Gasteiger charge is -2.15. The molecule has 0 aromatic heterocycles. The molecular weight excluding hydrogens is 253 g/mol. The topological polar surface area (TPSA) is 12.0 Å². The van der Waals surface area contributed by atoms with Crippen LogP contribution in [0.4, 0.5) is 0 Å². The Kier molecular flexibility index (Phi) is 3.72. The summed E-state index contributed by atoms with van der Waals surface area (Å²) < 4.78 is 0. The van der Waals surface area contributed by atoms with Crippen molar-refractivity contribution in [2.75, 3.05) is 6.54 Å². The fourth-order valence-electron chi connectivity index (χ4n) is 2.14. The van der Waals surface area contributed by atoms with E-state index in [1.54, 1.807) is 0 Å². The van der Waals surface area contributed by atoms with Crippen LogP contribution in [-0.2, 0) is 0 Å². The van der Waals surface area contributed by atoms with Crippen molar-refractivity contribution in [3.63, 3.8) is 0 Å². The molecule has 1 aliphatic rings. The van der Waals surface area contributed by atoms with Crippen molar-refractivity contribution >= 4 is 23.2 Å². The zero-order valence-corrected chi connectivity index (χ0v) is 12.1. The van der Waals surface area contributed by atoms with Crippen LogP contribution >= 0.6 is 23.2 Å². The van der Waals surface area contributed by atoms with Crippen molar-refractivity contribution in [2.45, 2.75) is 33.2 Å². The third-order valence-electron chi connectivity index (χ3n) is 3.83. The summed E-state index contributed by atoms with van der Waals surface area (Å²) in [6, 6.07) is 6.16. The number of hydrogen-bond donors (Lipinski definition) is 1. The van der Waals surface area contributed by atoms with Gasteiger partial charge in [-0.3, -0.25) is 0 Å². The summed E-state index contributed by atoms with van der Waals surface area (Å²) in [7, 11) is 0. The Bertz CT molecular complexity index is 415. The molecule has 94 valence electrons. The van der Waals surface area contributed by atoms with Gasteiger partial charge in [0.05, 0.1) is 10.0 Å². The number of rotatable bonds is 4. The Hall–Kier alpha value is -0.240. The Labute approximate surface area is 114 Å². The summed E-state index contributed by atoms with van der Waals surface area (Å²) in [4.78, 5) is 0. The number of nitrogens with one attached hydrogen (secondary N) is 1. The van der Waals surface area contributed by atoms with E-state index in [-0.39, 0.29) is 0 Å². The zero-order chi connectivity index (χ0) is 12.6. The second-order valence-corrected chi connectivity index (χ2v) is 6.51. The summed E-state index contributed by atoms with van der Waals surface area (Å²) in [5.74, 6) is 0.813. The van der Waals surface area contributed by atoms with Gasteiger partial charge in [0.1, 0.15) is 0 Å². The van der Waals surface area contributed by atoms with Gasteiger partial charge >= 0.3 is 0 Å². The molecule has 0 heterocycles. The van der Waals surface area contributed by atoms with Crippen molar-refractivity contribution in [3.05, 3.63) is 33.8 Å². The highest BCUT2D eigenvalue weighted by atomic mass is 35.5. The average molecular weight is 272 g/mol. The van der Waals surface area contributed by atoms with Gasteiger partial charge in [-0.15, -0.1) is 0 Å². The first-order valence-corrected chi connectivity index (χ1v) is 6.84. The molecule has 2 rings (SSSR count). The number of halogens is 2. The van der Waals surface area contributed by atoms with Gasteiger partial charge in [-0.1, -0.05) is 43.1 Å². The highest BCUT2D eigenvalue weighted by molar-refractivity contribution is 6.42. The molecule has 1 aliphatic carbocycles. The summed E-state index contributed by atoms with van der Waals surface area (Å²) in [6.45, 7) is 7.88. The first-order chi connectivity index (χ1) is 7.90. The van der Waals surface area contributed by atoms with E-state index in [0.717, 1.165) is 12.5 Å². The smallest absolute Gasteiger partial charge is 0.0595 e. The first-order valence-electron chi connectivity index (χ1n) is 6.08. The second kappa shape index (κ2) is 4.79. The van der Waals surface area contributed by atoms with Gasteiger partial charge in [0, 0.05) is 6.04 Å². The van der Waals surface area contributed by atoms with E-state index >= 15 is 0 Å². The predicted molar refractivity (Wildman–Crippen MR) is 74.8 cm³/mol. The van der Waals surface area contributed by atoms with Crippen molar-refractivity contribution in [2.24, 2.45) is 11.3 Å². The Morgan fingerprint density at radius 1 is 1.35 bits per heavy atom. The normalized spacial score (nSPS) is 23.5. The average Bonchev–Trinajstić information content (AvgIpc) is 2.87. The minimum Gasteiger partial charge on any atom is -0.310 e. The van der Waals surface area contributed by atoms with E-state index in [2.05, 4.69) is 26.1 Å². The van der Waals surface area contributed by atoms with Crippen LogP contribution in [0.1, 0.15) is 38.8 Å². The van der Waals surface area contributed by atoms with Crippen molar-refractivity contribution in [1.29, 1.82) is 0 Å². The highest BCUT2D eigenvalue weighted by Gasteiger charge is 2.44. The summed E-state index contributed by atoms with van der Waals surface area (Å²) in [5.41, 5.74) is 1.72. The molecule has 2 unspecified atom stereocenters. The Morgan fingerprint density at radius 2 is 2.00 bits per heavy atom. The zero-order valence-electron chi connectivity index (χ0n) is 10.6. The maximum atomic E-state index is 6.02. The summed E-state index contributed by atoms with van der Waals surface area (Å²) in [5, 5.41) is 4.81. The van der Waals surface area contributed by atoms with Crippen LogP contribution < -0.4 is 5.32 Å². The van der Waals surface area contributed by atoms with E-state index in [1.165, 1.54) is 12.0 Å². The lowest BCUT2D eigenvalue weighted by atomic mass is 10.1. The number of hydrogen-bond acceptors (Lipinski definition) is 1. The lowest BCUT2D eigenvalue weighted by molar-refractivity contribution is 0.485. The molecule has 0 aliphatic heterocycles. The number of benzene rings is 1. The SMILES string of the molecule is CC(NCC1CC1(C)C)c1ccc(Cl)c(Cl)c1. The molecule has 0 amide bonds. The van der Waals surface area contributed by atoms with Gasteiger partial charge in [0.25, 0.3) is 0 Å². The van der Waals surface area contributed by atoms with Crippen LogP contribution in [0.15, 0.2) is 18.2 Å². The molecule has 1 saturated carbocycles. The third-order valence-corrected chi connectivity index (χ3v) is 4.57. The van der Waals surface area contributed by atoms with E-state index in [0.29, 0.717) is 21.5 Å². The van der Waals surface area contributed by atoms with Crippen molar-refractivity contribution in [1.82, 2.24) is 5.32 Å². The largest absolute Gasteiger partial charge is 0.310 e. The molecule has 1 fully saturated rings. The van der Waals surface area contributed by atoms with Crippen molar-refractivity contribution in [3.8, 4) is 0 Å². The second-order valence-electron chi connectivity index (χ2n) is 5.69. The Balaban J connectivity index is 1.91. The van der Waals surface area contributed by atoms with Gasteiger partial charge in [0.15, 0.2) is 0 Å². The molecule has 1 N–H and O–H groups in total. The molecule has 17 heavy (non-hydrogen) atoms. The molecule has 1 aromatic rings. The molecule has 1 nitrogen and oxygen atoms in total. The first kappa shape index (κ1) is 13.2. The van der Waals surface area contributed by atoms with Gasteiger partial charge in [-0.05, 0) is 48.9 Å². The lowest BCUT2D eigenvalue weighted by Crippen LogP contribution is -2.22. The van der Waals surface area contributed by atoms with Crippen LogP contribution in [0.2, 0.25) is 10.0 Å². The van der Waals surface area contributed by atoms with E-state index in [9.17, 15) is 0 Å². The molecule has 0 spiro atoms. The summed E-state index contributed by atoms with van der Waals surface area (Å²) >= 11 is 11.9. The molecule has 3 heteroatoms. The Morgan fingerprint density at radius 3 is 2.53 bits per heavy atom. The molecule has 0 bridgehead atoms. The highest BCUT2D eigenvalue weighted by Crippen LogP contribution is 2.51. The summed E-state index contributed by atoms with van der Waals surface area (Å²) in [6.07, 6.45) is 1.33. The molecule has 0 radical (unpaired) electrons. The minimum atomic E-state index is 0.321. The van der Waals surface area contributed by atoms with Crippen LogP contribution in [0.3, 0.4) is 0 Å².